The Labute approximate surface area is 180 Å². The average molecular weight is 426 g/mol. The highest BCUT2D eigenvalue weighted by Crippen LogP contribution is 2.51. The highest BCUT2D eigenvalue weighted by molar-refractivity contribution is 6.01. The second-order valence-corrected chi connectivity index (χ2v) is 8.37. The number of carbonyl (C=O) groups is 2. The van der Waals surface area contributed by atoms with Crippen molar-refractivity contribution in [1.29, 1.82) is 0 Å². The van der Waals surface area contributed by atoms with E-state index in [9.17, 15) is 14.7 Å². The van der Waals surface area contributed by atoms with Crippen LogP contribution in [-0.2, 0) is 14.3 Å². The minimum absolute atomic E-state index is 0.0734. The molecule has 0 spiro atoms. The lowest BCUT2D eigenvalue weighted by Gasteiger charge is -2.32. The van der Waals surface area contributed by atoms with E-state index < -0.39 is 36.0 Å². The Morgan fingerprint density at radius 2 is 1.87 bits per heavy atom. The first-order valence-corrected chi connectivity index (χ1v) is 10.2. The summed E-state index contributed by atoms with van der Waals surface area (Å²) in [6.07, 6.45) is -2.37. The van der Waals surface area contributed by atoms with E-state index in [1.165, 1.54) is 14.0 Å². The molecule has 0 amide bonds. The fraction of sp³-hybridized carbons (Fsp3) is 0.417. The van der Waals surface area contributed by atoms with Crippen molar-refractivity contribution >= 4 is 11.8 Å². The van der Waals surface area contributed by atoms with E-state index in [0.717, 1.165) is 5.56 Å². The molecule has 0 aromatic heterocycles. The zero-order chi connectivity index (χ0) is 22.3. The number of carbonyl (C=O) groups excluding carboxylic acids is 2. The van der Waals surface area contributed by atoms with E-state index in [1.807, 2.05) is 30.3 Å². The summed E-state index contributed by atoms with van der Waals surface area (Å²) >= 11 is 0. The molecule has 2 heterocycles. The van der Waals surface area contributed by atoms with Gasteiger partial charge in [0.25, 0.3) is 0 Å². The molecule has 7 heteroatoms. The number of ketones is 1. The van der Waals surface area contributed by atoms with Gasteiger partial charge in [-0.2, -0.15) is 0 Å². The Kier molecular flexibility index (Phi) is 5.49. The summed E-state index contributed by atoms with van der Waals surface area (Å²) in [6.45, 7) is 4.79. The zero-order valence-electron chi connectivity index (χ0n) is 18.0. The number of esters is 1. The smallest absolute Gasteiger partial charge is 0.303 e. The van der Waals surface area contributed by atoms with Gasteiger partial charge in [-0.3, -0.25) is 9.59 Å². The average Bonchev–Trinajstić information content (AvgIpc) is 2.94. The molecule has 1 unspecified atom stereocenters. The molecule has 1 fully saturated rings. The molecule has 2 aliphatic heterocycles. The summed E-state index contributed by atoms with van der Waals surface area (Å²) in [5.41, 5.74) is 0.774. The summed E-state index contributed by atoms with van der Waals surface area (Å²) in [5, 5.41) is 10.8. The van der Waals surface area contributed by atoms with Crippen LogP contribution in [0.15, 0.2) is 42.5 Å². The number of hydrogen-bond acceptors (Lipinski definition) is 7. The molecular weight excluding hydrogens is 400 g/mol. The summed E-state index contributed by atoms with van der Waals surface area (Å²) in [6, 6.07) is 12.8. The fourth-order valence-corrected chi connectivity index (χ4v) is 4.46. The maximum Gasteiger partial charge on any atom is 0.303 e. The van der Waals surface area contributed by atoms with Crippen LogP contribution in [0.1, 0.15) is 60.7 Å². The van der Waals surface area contributed by atoms with E-state index in [2.05, 4.69) is 0 Å². The highest BCUT2D eigenvalue weighted by atomic mass is 16.7. The van der Waals surface area contributed by atoms with Gasteiger partial charge >= 0.3 is 5.97 Å². The van der Waals surface area contributed by atoms with E-state index in [4.69, 9.17) is 18.9 Å². The quantitative estimate of drug-likeness (QED) is 0.748. The number of ether oxygens (including phenoxy) is 4. The number of benzene rings is 2. The third-order valence-corrected chi connectivity index (χ3v) is 5.85. The lowest BCUT2D eigenvalue weighted by molar-refractivity contribution is -0.160. The molecule has 0 aliphatic carbocycles. The largest absolute Gasteiger partial charge is 0.496 e. The molecule has 1 N–H and O–H groups in total. The van der Waals surface area contributed by atoms with Crippen LogP contribution in [0.5, 0.6) is 11.5 Å². The number of methoxy groups -OCH3 is 1. The van der Waals surface area contributed by atoms with Crippen molar-refractivity contribution in [2.24, 2.45) is 0 Å². The van der Waals surface area contributed by atoms with Gasteiger partial charge in [0, 0.05) is 12.5 Å². The van der Waals surface area contributed by atoms with Gasteiger partial charge < -0.3 is 24.1 Å². The fourth-order valence-electron chi connectivity index (χ4n) is 4.46. The number of rotatable bonds is 4. The maximum absolute atomic E-state index is 13.0. The van der Waals surface area contributed by atoms with E-state index in [0.29, 0.717) is 22.6 Å². The molecule has 2 aromatic rings. The summed E-state index contributed by atoms with van der Waals surface area (Å²) in [5.74, 6) is -0.625. The van der Waals surface area contributed by atoms with Crippen LogP contribution in [0.3, 0.4) is 0 Å². The van der Waals surface area contributed by atoms with Crippen LogP contribution >= 0.6 is 0 Å². The molecule has 4 atom stereocenters. The van der Waals surface area contributed by atoms with Gasteiger partial charge in [0.05, 0.1) is 25.0 Å². The predicted molar refractivity (Wildman–Crippen MR) is 111 cm³/mol. The summed E-state index contributed by atoms with van der Waals surface area (Å²) in [4.78, 5) is 24.8. The van der Waals surface area contributed by atoms with Crippen molar-refractivity contribution in [1.82, 2.24) is 0 Å². The summed E-state index contributed by atoms with van der Waals surface area (Å²) in [7, 11) is 1.50. The number of aliphatic hydroxyl groups excluding tert-OH is 1. The van der Waals surface area contributed by atoms with Crippen molar-refractivity contribution < 1.29 is 33.6 Å². The molecule has 164 valence electrons. The number of hydrogen-bond donors (Lipinski definition) is 1. The highest BCUT2D eigenvalue weighted by Gasteiger charge is 2.54. The first-order chi connectivity index (χ1) is 14.7. The Bertz CT molecular complexity index is 998. The molecule has 1 saturated heterocycles. The van der Waals surface area contributed by atoms with Gasteiger partial charge in [-0.15, -0.1) is 0 Å². The van der Waals surface area contributed by atoms with Gasteiger partial charge in [0.1, 0.15) is 29.3 Å². The topological polar surface area (TPSA) is 91.3 Å². The van der Waals surface area contributed by atoms with Crippen LogP contribution < -0.4 is 9.47 Å². The van der Waals surface area contributed by atoms with E-state index in [-0.39, 0.29) is 12.2 Å². The third-order valence-electron chi connectivity index (χ3n) is 5.85. The Hall–Kier alpha value is -2.90. The molecule has 0 saturated carbocycles. The van der Waals surface area contributed by atoms with E-state index >= 15 is 0 Å². The minimum Gasteiger partial charge on any atom is -0.496 e. The second-order valence-electron chi connectivity index (χ2n) is 8.37. The van der Waals surface area contributed by atoms with Crippen molar-refractivity contribution in [3.05, 3.63) is 59.2 Å². The number of fused-ring (bicyclic) bond motifs is 1. The first-order valence-electron chi connectivity index (χ1n) is 10.2. The molecule has 0 bridgehead atoms. The van der Waals surface area contributed by atoms with Crippen molar-refractivity contribution in [3.8, 4) is 11.5 Å². The van der Waals surface area contributed by atoms with Crippen molar-refractivity contribution in [2.45, 2.75) is 57.2 Å². The normalized spacial score (nSPS) is 26.7. The van der Waals surface area contributed by atoms with Gasteiger partial charge in [-0.05, 0) is 31.5 Å². The molecule has 2 aliphatic rings. The monoisotopic (exact) mass is 426 g/mol. The second kappa shape index (κ2) is 7.98. The zero-order valence-corrected chi connectivity index (χ0v) is 18.0. The number of Topliss-reactive ketones (excluding diaryl/α,β-unsaturated/α-hetero) is 1. The molecule has 7 nitrogen and oxygen atoms in total. The molecule has 4 rings (SSSR count). The standard InChI is InChI=1S/C24H26O7/c1-13(25)29-22-20(23(27)31-24(22,2)3)19-17(28-4)11-10-15-16(26)12-18(30-21(15)19)14-8-6-5-7-9-14/h5-11,18,20,22-23,27H,12H2,1-4H3/t18-,20?,22-,23-/m0/s1. The third kappa shape index (κ3) is 3.79. The first kappa shape index (κ1) is 21.3. The Morgan fingerprint density at radius 1 is 1.16 bits per heavy atom. The molecular formula is C24H26O7. The number of aliphatic hydroxyl groups is 1. The van der Waals surface area contributed by atoms with Crippen LogP contribution in [0.2, 0.25) is 0 Å². The minimum atomic E-state index is -1.28. The lowest BCUT2D eigenvalue weighted by atomic mass is 9.83. The Balaban J connectivity index is 1.86. The lowest BCUT2D eigenvalue weighted by Crippen LogP contribution is -2.38. The Morgan fingerprint density at radius 3 is 2.52 bits per heavy atom. The predicted octanol–water partition coefficient (Wildman–Crippen LogP) is 3.54. The van der Waals surface area contributed by atoms with Gasteiger partial charge in [0.15, 0.2) is 12.1 Å². The van der Waals surface area contributed by atoms with Gasteiger partial charge in [0.2, 0.25) is 0 Å². The molecule has 0 radical (unpaired) electrons. The van der Waals surface area contributed by atoms with Crippen LogP contribution in [0.4, 0.5) is 0 Å². The SMILES string of the molecule is COc1ccc2c(c1C1[C@@H](O)OC(C)(C)[C@H]1OC(C)=O)O[C@H](c1ccccc1)CC2=O. The van der Waals surface area contributed by atoms with Crippen molar-refractivity contribution in [3.63, 3.8) is 0 Å². The van der Waals surface area contributed by atoms with Crippen LogP contribution in [0.25, 0.3) is 0 Å². The molecule has 31 heavy (non-hydrogen) atoms. The van der Waals surface area contributed by atoms with Gasteiger partial charge in [-0.25, -0.2) is 0 Å². The van der Waals surface area contributed by atoms with Crippen LogP contribution in [-0.4, -0.2) is 42.0 Å². The summed E-state index contributed by atoms with van der Waals surface area (Å²) < 4.78 is 23.2. The van der Waals surface area contributed by atoms with E-state index in [1.54, 1.807) is 26.0 Å². The molecule has 2 aromatic carbocycles. The van der Waals surface area contributed by atoms with Gasteiger partial charge in [-0.1, -0.05) is 30.3 Å². The maximum atomic E-state index is 13.0. The van der Waals surface area contributed by atoms with Crippen molar-refractivity contribution in [2.75, 3.05) is 7.11 Å². The van der Waals surface area contributed by atoms with Crippen LogP contribution in [0, 0.1) is 0 Å².